The lowest BCUT2D eigenvalue weighted by molar-refractivity contribution is 0.0696. The molecule has 3 heterocycles. The van der Waals surface area contributed by atoms with Crippen molar-refractivity contribution in [3.8, 4) is 22.8 Å². The molecule has 0 radical (unpaired) electrons. The number of halogens is 1. The molecule has 1 aliphatic carbocycles. The van der Waals surface area contributed by atoms with Crippen LogP contribution in [0.3, 0.4) is 0 Å². The average molecular weight is 612 g/mol. The number of nitrogens with zero attached hydrogens (tertiary/aromatic N) is 5. The number of carbonyl (C=O) groups is 2. The Labute approximate surface area is 257 Å². The number of methoxy groups -OCH3 is 2. The van der Waals surface area contributed by atoms with E-state index < -0.39 is 24.1 Å². The second kappa shape index (κ2) is 12.1. The fourth-order valence-corrected chi connectivity index (χ4v) is 4.97. The zero-order valence-electron chi connectivity index (χ0n) is 24.7. The highest BCUT2D eigenvalue weighted by Gasteiger charge is 2.39. The Hall–Kier alpha value is -5.72. The molecule has 3 N–H and O–H groups in total. The summed E-state index contributed by atoms with van der Waals surface area (Å²) in [6.45, 7) is 0.514. The standard InChI is InChI=1S/C32H30FN7O5/c1-39(17-18-7-10-20(44-2)11-8-18)26-14-28(38-40-27(16-35-30(26)40)31(41)37-25-13-22(25)33)36-24-6-4-5-21(29(24)45-3)23-12-9-19(15-34-23)32(42)43/h4-12,14-16,22,25H,13,17H2,1-3H3,(H,36,38)(H,37,41)(H,42,43)/t22-,25+/m0/s1. The number of anilines is 3. The van der Waals surface area contributed by atoms with Crippen molar-refractivity contribution in [1.29, 1.82) is 0 Å². The number of ether oxygens (including phenoxy) is 2. The third-order valence-corrected chi connectivity index (χ3v) is 7.47. The first-order valence-electron chi connectivity index (χ1n) is 14.1. The topological polar surface area (TPSA) is 143 Å². The number of para-hydroxylation sites is 1. The Morgan fingerprint density at radius 3 is 2.49 bits per heavy atom. The number of rotatable bonds is 11. The molecule has 0 spiro atoms. The Balaban J connectivity index is 1.39. The van der Waals surface area contributed by atoms with Crippen molar-refractivity contribution >= 4 is 34.7 Å². The van der Waals surface area contributed by atoms with Gasteiger partial charge in [0.15, 0.2) is 22.9 Å². The van der Waals surface area contributed by atoms with Crippen LogP contribution in [0.1, 0.15) is 32.8 Å². The molecule has 1 saturated carbocycles. The lowest BCUT2D eigenvalue weighted by atomic mass is 10.1. The van der Waals surface area contributed by atoms with Gasteiger partial charge in [-0.15, -0.1) is 5.10 Å². The van der Waals surface area contributed by atoms with Crippen molar-refractivity contribution in [2.24, 2.45) is 0 Å². The average Bonchev–Trinajstić information content (AvgIpc) is 3.56. The molecule has 2 atom stereocenters. The number of fused-ring (bicyclic) bond motifs is 1. The van der Waals surface area contributed by atoms with Crippen LogP contribution in [-0.4, -0.2) is 70.0 Å². The maximum absolute atomic E-state index is 13.6. The molecule has 1 fully saturated rings. The number of carboxylic acids is 1. The molecule has 13 heteroatoms. The normalized spacial score (nSPS) is 15.4. The first-order valence-corrected chi connectivity index (χ1v) is 14.1. The zero-order chi connectivity index (χ0) is 31.7. The van der Waals surface area contributed by atoms with Gasteiger partial charge in [0.1, 0.15) is 11.9 Å². The van der Waals surface area contributed by atoms with E-state index in [2.05, 4.69) is 25.7 Å². The number of alkyl halides is 1. The number of amides is 1. The number of imidazole rings is 1. The molecule has 1 aliphatic rings. The van der Waals surface area contributed by atoms with E-state index in [0.29, 0.717) is 46.4 Å². The Morgan fingerprint density at radius 2 is 1.84 bits per heavy atom. The molecular formula is C32H30FN7O5. The van der Waals surface area contributed by atoms with Gasteiger partial charge in [0.2, 0.25) is 0 Å². The van der Waals surface area contributed by atoms with Crippen molar-refractivity contribution in [1.82, 2.24) is 24.9 Å². The largest absolute Gasteiger partial charge is 0.497 e. The summed E-state index contributed by atoms with van der Waals surface area (Å²) in [5, 5.41) is 19.9. The molecule has 0 aliphatic heterocycles. The molecule has 0 bridgehead atoms. The van der Waals surface area contributed by atoms with Crippen molar-refractivity contribution in [3.63, 3.8) is 0 Å². The van der Waals surface area contributed by atoms with Crippen molar-refractivity contribution in [2.75, 3.05) is 31.5 Å². The minimum absolute atomic E-state index is 0.0692. The van der Waals surface area contributed by atoms with Gasteiger partial charge in [-0.3, -0.25) is 9.78 Å². The molecule has 45 heavy (non-hydrogen) atoms. The third kappa shape index (κ3) is 6.05. The quantitative estimate of drug-likeness (QED) is 0.192. The number of pyridine rings is 1. The summed E-state index contributed by atoms with van der Waals surface area (Å²) in [5.41, 5.74) is 4.07. The Morgan fingerprint density at radius 1 is 1.07 bits per heavy atom. The number of benzene rings is 2. The van der Waals surface area contributed by atoms with E-state index in [9.17, 15) is 19.1 Å². The third-order valence-electron chi connectivity index (χ3n) is 7.47. The molecule has 3 aromatic heterocycles. The lowest BCUT2D eigenvalue weighted by Crippen LogP contribution is -2.28. The highest BCUT2D eigenvalue weighted by atomic mass is 19.1. The van der Waals surface area contributed by atoms with Gasteiger partial charge in [-0.25, -0.2) is 18.7 Å². The summed E-state index contributed by atoms with van der Waals surface area (Å²) < 4.78 is 26.1. The number of carbonyl (C=O) groups excluding carboxylic acids is 1. The number of aromatic carboxylic acids is 1. The number of hydrogen-bond donors (Lipinski definition) is 3. The van der Waals surface area contributed by atoms with Crippen LogP contribution in [0.5, 0.6) is 11.5 Å². The van der Waals surface area contributed by atoms with Crippen molar-refractivity contribution in [2.45, 2.75) is 25.2 Å². The molecular weight excluding hydrogens is 581 g/mol. The lowest BCUT2D eigenvalue weighted by Gasteiger charge is -2.22. The van der Waals surface area contributed by atoms with Gasteiger partial charge >= 0.3 is 5.97 Å². The van der Waals surface area contributed by atoms with E-state index in [1.54, 1.807) is 25.3 Å². The first-order chi connectivity index (χ1) is 21.7. The highest BCUT2D eigenvalue weighted by Crippen LogP contribution is 2.37. The predicted octanol–water partition coefficient (Wildman–Crippen LogP) is 4.73. The summed E-state index contributed by atoms with van der Waals surface area (Å²) in [5.74, 6) is 0.0369. The summed E-state index contributed by atoms with van der Waals surface area (Å²) >= 11 is 0. The maximum atomic E-state index is 13.6. The Bertz CT molecular complexity index is 1880. The second-order valence-electron chi connectivity index (χ2n) is 10.6. The maximum Gasteiger partial charge on any atom is 0.337 e. The number of aromatic nitrogens is 4. The number of carboxylic acid groups (broad SMARTS) is 1. The van der Waals surface area contributed by atoms with Gasteiger partial charge < -0.3 is 30.1 Å². The van der Waals surface area contributed by atoms with Crippen molar-refractivity contribution < 1.29 is 28.6 Å². The van der Waals surface area contributed by atoms with Crippen LogP contribution < -0.4 is 25.0 Å². The number of hydrogen-bond acceptors (Lipinski definition) is 9. The second-order valence-corrected chi connectivity index (χ2v) is 10.6. The van der Waals surface area contributed by atoms with E-state index in [1.807, 2.05) is 48.3 Å². The van der Waals surface area contributed by atoms with Gasteiger partial charge in [-0.05, 0) is 42.0 Å². The summed E-state index contributed by atoms with van der Waals surface area (Å²) in [6.07, 6.45) is 1.94. The highest BCUT2D eigenvalue weighted by molar-refractivity contribution is 5.94. The zero-order valence-corrected chi connectivity index (χ0v) is 24.7. The van der Waals surface area contributed by atoms with E-state index in [4.69, 9.17) is 9.47 Å². The molecule has 0 unspecified atom stereocenters. The SMILES string of the molecule is COc1ccc(CN(C)c2cc(Nc3cccc(-c4ccc(C(=O)O)cn4)c3OC)nn3c(C(=O)N[C@@H]4C[C@@H]4F)cnc23)cc1. The van der Waals surface area contributed by atoms with Crippen LogP contribution in [0.2, 0.25) is 0 Å². The summed E-state index contributed by atoms with van der Waals surface area (Å²) in [6, 6.07) is 17.5. The van der Waals surface area contributed by atoms with Crippen LogP contribution in [0, 0.1) is 0 Å². The summed E-state index contributed by atoms with van der Waals surface area (Å²) in [4.78, 5) is 35.2. The van der Waals surface area contributed by atoms with E-state index >= 15 is 0 Å². The van der Waals surface area contributed by atoms with Crippen LogP contribution >= 0.6 is 0 Å². The Kier molecular flexibility index (Phi) is 7.90. The van der Waals surface area contributed by atoms with E-state index in [1.165, 1.54) is 30.1 Å². The molecule has 230 valence electrons. The molecule has 6 rings (SSSR count). The van der Waals surface area contributed by atoms with Crippen LogP contribution in [-0.2, 0) is 6.54 Å². The fourth-order valence-electron chi connectivity index (χ4n) is 4.97. The smallest absolute Gasteiger partial charge is 0.337 e. The van der Waals surface area contributed by atoms with Gasteiger partial charge in [-0.2, -0.15) is 0 Å². The summed E-state index contributed by atoms with van der Waals surface area (Å²) in [7, 11) is 5.04. The minimum atomic E-state index is -1.07. The molecule has 5 aromatic rings. The molecule has 1 amide bonds. The van der Waals surface area contributed by atoms with Crippen molar-refractivity contribution in [3.05, 3.63) is 89.9 Å². The van der Waals surface area contributed by atoms with Crippen LogP contribution in [0.15, 0.2) is 73.1 Å². The first kappa shape index (κ1) is 29.4. The van der Waals surface area contributed by atoms with Gasteiger partial charge in [0, 0.05) is 37.8 Å². The predicted molar refractivity (Wildman–Crippen MR) is 165 cm³/mol. The van der Waals surface area contributed by atoms with Crippen LogP contribution in [0.25, 0.3) is 16.9 Å². The fraction of sp³-hybridized carbons (Fsp3) is 0.219. The van der Waals surface area contributed by atoms with E-state index in [-0.39, 0.29) is 17.7 Å². The van der Waals surface area contributed by atoms with Gasteiger partial charge in [-0.1, -0.05) is 18.2 Å². The molecule has 12 nitrogen and oxygen atoms in total. The number of nitrogens with one attached hydrogen (secondary N) is 2. The molecule has 2 aromatic carbocycles. The monoisotopic (exact) mass is 611 g/mol. The van der Waals surface area contributed by atoms with E-state index in [0.717, 1.165) is 11.3 Å². The van der Waals surface area contributed by atoms with Gasteiger partial charge in [0.25, 0.3) is 5.91 Å². The van der Waals surface area contributed by atoms with Crippen LogP contribution in [0.4, 0.5) is 21.6 Å². The van der Waals surface area contributed by atoms with Gasteiger partial charge in [0.05, 0.1) is 49.1 Å². The molecule has 0 saturated heterocycles. The minimum Gasteiger partial charge on any atom is -0.497 e.